The van der Waals surface area contributed by atoms with E-state index in [4.69, 9.17) is 10.00 Å². The summed E-state index contributed by atoms with van der Waals surface area (Å²) < 4.78 is 94.9. The second-order valence-corrected chi connectivity index (χ2v) is 5.01. The number of hydrogen-bond acceptors (Lipinski definition) is 4. The van der Waals surface area contributed by atoms with E-state index < -0.39 is 43.6 Å². The summed E-state index contributed by atoms with van der Waals surface area (Å²) in [5, 5.41) is 8.89. The van der Waals surface area contributed by atoms with Gasteiger partial charge in [0.15, 0.2) is 0 Å². The van der Waals surface area contributed by atoms with Gasteiger partial charge in [0.2, 0.25) is 0 Å². The standard InChI is InChI=1S/C13H8F7N3O2/c14-11(15,12(16,17)13(18,19)20)10(24)23-1-2-25-9-7(3-21)4-22-5-8(9)6-23/h4-5H,1-2,6H2. The predicted octanol–water partition coefficient (Wildman–Crippen LogP) is 2.51. The van der Waals surface area contributed by atoms with Crippen molar-refractivity contribution in [3.8, 4) is 11.8 Å². The van der Waals surface area contributed by atoms with E-state index in [9.17, 15) is 35.5 Å². The zero-order valence-corrected chi connectivity index (χ0v) is 12.1. The van der Waals surface area contributed by atoms with Crippen molar-refractivity contribution in [2.24, 2.45) is 0 Å². The maximum Gasteiger partial charge on any atom is 0.460 e. The van der Waals surface area contributed by atoms with Gasteiger partial charge in [-0.25, -0.2) is 0 Å². The highest BCUT2D eigenvalue weighted by Gasteiger charge is 2.76. The lowest BCUT2D eigenvalue weighted by atomic mass is 10.1. The summed E-state index contributed by atoms with van der Waals surface area (Å²) in [6.07, 6.45) is -4.49. The van der Waals surface area contributed by atoms with Crippen molar-refractivity contribution in [3.63, 3.8) is 0 Å². The molecule has 5 nitrogen and oxygen atoms in total. The molecule has 1 aromatic heterocycles. The summed E-state index contributed by atoms with van der Waals surface area (Å²) in [4.78, 5) is 15.4. The van der Waals surface area contributed by atoms with Gasteiger partial charge in [0.1, 0.15) is 24.0 Å². The summed E-state index contributed by atoms with van der Waals surface area (Å²) in [7, 11) is 0. The molecule has 2 heterocycles. The fourth-order valence-corrected chi connectivity index (χ4v) is 2.08. The third-order valence-corrected chi connectivity index (χ3v) is 3.37. The normalized spacial score (nSPS) is 15.7. The summed E-state index contributed by atoms with van der Waals surface area (Å²) in [6, 6.07) is 1.69. The SMILES string of the molecule is N#Cc1cncc2c1OCCN(C(=O)C(F)(F)C(F)(F)C(F)(F)F)C2. The molecule has 0 unspecified atom stereocenters. The molecule has 0 saturated carbocycles. The number of alkyl halides is 7. The first-order valence-electron chi connectivity index (χ1n) is 6.55. The predicted molar refractivity (Wildman–Crippen MR) is 65.8 cm³/mol. The number of rotatable bonds is 2. The van der Waals surface area contributed by atoms with Gasteiger partial charge in [-0.2, -0.15) is 36.0 Å². The van der Waals surface area contributed by atoms with Gasteiger partial charge < -0.3 is 9.64 Å². The van der Waals surface area contributed by atoms with E-state index in [2.05, 4.69) is 4.98 Å². The van der Waals surface area contributed by atoms with E-state index in [0.29, 0.717) is 0 Å². The molecule has 0 aliphatic carbocycles. The monoisotopic (exact) mass is 371 g/mol. The first kappa shape index (κ1) is 18.8. The molecule has 0 radical (unpaired) electrons. The molecule has 0 aromatic carbocycles. The molecule has 136 valence electrons. The number of nitriles is 1. The molecule has 2 rings (SSSR count). The maximum atomic E-state index is 13.6. The average Bonchev–Trinajstić information content (AvgIpc) is 2.74. The molecule has 0 N–H and O–H groups in total. The topological polar surface area (TPSA) is 66.2 Å². The van der Waals surface area contributed by atoms with Crippen molar-refractivity contribution in [2.45, 2.75) is 24.6 Å². The Bertz CT molecular complexity index is 727. The Labute approximate surface area is 135 Å². The van der Waals surface area contributed by atoms with Crippen molar-refractivity contribution in [1.82, 2.24) is 9.88 Å². The van der Waals surface area contributed by atoms with Gasteiger partial charge in [-0.1, -0.05) is 0 Å². The first-order chi connectivity index (χ1) is 11.4. The van der Waals surface area contributed by atoms with Crippen molar-refractivity contribution in [2.75, 3.05) is 13.2 Å². The van der Waals surface area contributed by atoms with Crippen LogP contribution < -0.4 is 4.74 Å². The molecule has 0 bridgehead atoms. The van der Waals surface area contributed by atoms with Gasteiger partial charge in [0.25, 0.3) is 5.91 Å². The highest BCUT2D eigenvalue weighted by molar-refractivity contribution is 5.85. The Balaban J connectivity index is 2.36. The van der Waals surface area contributed by atoms with Crippen LogP contribution in [0.15, 0.2) is 12.4 Å². The Morgan fingerprint density at radius 1 is 1.20 bits per heavy atom. The van der Waals surface area contributed by atoms with E-state index >= 15 is 0 Å². The number of aromatic nitrogens is 1. The molecule has 1 aromatic rings. The third-order valence-electron chi connectivity index (χ3n) is 3.37. The van der Waals surface area contributed by atoms with Gasteiger partial charge in [0.05, 0.1) is 13.1 Å². The average molecular weight is 371 g/mol. The summed E-state index contributed by atoms with van der Waals surface area (Å²) in [5.74, 6) is -15.3. The van der Waals surface area contributed by atoms with Crippen LogP contribution in [0.1, 0.15) is 11.1 Å². The second kappa shape index (κ2) is 6.05. The highest BCUT2D eigenvalue weighted by atomic mass is 19.4. The molecule has 12 heteroatoms. The van der Waals surface area contributed by atoms with Crippen LogP contribution in [-0.2, 0) is 11.3 Å². The smallest absolute Gasteiger partial charge is 0.460 e. The minimum atomic E-state index is -6.61. The van der Waals surface area contributed by atoms with E-state index in [1.54, 1.807) is 6.07 Å². The molecule has 1 aliphatic heterocycles. The van der Waals surface area contributed by atoms with Crippen molar-refractivity contribution >= 4 is 5.91 Å². The van der Waals surface area contributed by atoms with E-state index in [0.717, 1.165) is 12.4 Å². The molecule has 0 saturated heterocycles. The molecular formula is C13H8F7N3O2. The van der Waals surface area contributed by atoms with E-state index in [-0.39, 0.29) is 21.8 Å². The maximum absolute atomic E-state index is 13.6. The Morgan fingerprint density at radius 3 is 2.40 bits per heavy atom. The number of hydrogen-bond donors (Lipinski definition) is 0. The van der Waals surface area contributed by atoms with Crippen LogP contribution in [0.5, 0.6) is 5.75 Å². The Kier molecular flexibility index (Phi) is 4.54. The molecule has 25 heavy (non-hydrogen) atoms. The first-order valence-corrected chi connectivity index (χ1v) is 6.55. The highest BCUT2D eigenvalue weighted by Crippen LogP contribution is 2.47. The summed E-state index contributed by atoms with van der Waals surface area (Å²) in [6.45, 7) is -1.92. The number of halogens is 7. The lowest BCUT2D eigenvalue weighted by Crippen LogP contribution is -2.60. The number of amides is 1. The molecule has 0 fully saturated rings. The molecule has 1 amide bonds. The minimum Gasteiger partial charge on any atom is -0.490 e. The molecular weight excluding hydrogens is 363 g/mol. The number of ether oxygens (including phenoxy) is 1. The van der Waals surface area contributed by atoms with E-state index in [1.807, 2.05) is 0 Å². The fourth-order valence-electron chi connectivity index (χ4n) is 2.08. The largest absolute Gasteiger partial charge is 0.490 e. The number of nitrogens with zero attached hydrogens (tertiary/aromatic N) is 3. The van der Waals surface area contributed by atoms with Gasteiger partial charge in [0, 0.05) is 18.0 Å². The molecule has 0 spiro atoms. The van der Waals surface area contributed by atoms with Crippen LogP contribution in [0.3, 0.4) is 0 Å². The van der Waals surface area contributed by atoms with Crippen LogP contribution in [0.25, 0.3) is 0 Å². The van der Waals surface area contributed by atoms with Crippen molar-refractivity contribution < 1.29 is 40.3 Å². The Morgan fingerprint density at radius 2 is 1.84 bits per heavy atom. The molecule has 1 aliphatic rings. The third kappa shape index (κ3) is 3.06. The second-order valence-electron chi connectivity index (χ2n) is 5.01. The number of carbonyl (C=O) groups is 1. The van der Waals surface area contributed by atoms with Gasteiger partial charge in [-0.15, -0.1) is 0 Å². The lowest BCUT2D eigenvalue weighted by Gasteiger charge is -2.31. The van der Waals surface area contributed by atoms with Crippen LogP contribution in [0.2, 0.25) is 0 Å². The summed E-state index contributed by atoms with van der Waals surface area (Å²) >= 11 is 0. The van der Waals surface area contributed by atoms with Gasteiger partial charge in [-0.3, -0.25) is 9.78 Å². The lowest BCUT2D eigenvalue weighted by molar-refractivity contribution is -0.346. The van der Waals surface area contributed by atoms with Gasteiger partial charge >= 0.3 is 18.0 Å². The van der Waals surface area contributed by atoms with Crippen LogP contribution >= 0.6 is 0 Å². The number of fused-ring (bicyclic) bond motifs is 1. The minimum absolute atomic E-state index is 0.0731. The number of pyridine rings is 1. The van der Waals surface area contributed by atoms with Gasteiger partial charge in [-0.05, 0) is 0 Å². The Hall–Kier alpha value is -2.58. The van der Waals surface area contributed by atoms with Crippen molar-refractivity contribution in [3.05, 3.63) is 23.5 Å². The number of carbonyl (C=O) groups excluding carboxylic acids is 1. The summed E-state index contributed by atoms with van der Waals surface area (Å²) in [5.41, 5.74) is -0.171. The molecule has 0 atom stereocenters. The van der Waals surface area contributed by atoms with E-state index in [1.165, 1.54) is 0 Å². The van der Waals surface area contributed by atoms with Crippen LogP contribution in [-0.4, -0.2) is 47.0 Å². The fraction of sp³-hybridized carbons (Fsp3) is 0.462. The van der Waals surface area contributed by atoms with Crippen LogP contribution in [0, 0.1) is 11.3 Å². The van der Waals surface area contributed by atoms with Crippen LogP contribution in [0.4, 0.5) is 30.7 Å². The zero-order valence-electron chi connectivity index (χ0n) is 12.1. The zero-order chi connectivity index (χ0) is 19.0. The van der Waals surface area contributed by atoms with Crippen molar-refractivity contribution in [1.29, 1.82) is 5.26 Å². The quantitative estimate of drug-likeness (QED) is 0.750.